The average molecular weight is 388 g/mol. The van der Waals surface area contributed by atoms with Gasteiger partial charge in [0.1, 0.15) is 11.4 Å². The van der Waals surface area contributed by atoms with Crippen LogP contribution in [0, 0.1) is 0 Å². The molecule has 0 unspecified atom stereocenters. The molecule has 140 valence electrons. The van der Waals surface area contributed by atoms with Crippen molar-refractivity contribution in [3.05, 3.63) is 78.0 Å². The van der Waals surface area contributed by atoms with Gasteiger partial charge in [-0.3, -0.25) is 9.69 Å². The third-order valence-corrected chi connectivity index (χ3v) is 5.24. The molecule has 0 aromatic heterocycles. The van der Waals surface area contributed by atoms with Crippen molar-refractivity contribution in [2.75, 3.05) is 18.6 Å². The maximum atomic E-state index is 13.2. The molecule has 0 bridgehead atoms. The van der Waals surface area contributed by atoms with Gasteiger partial charge in [-0.05, 0) is 54.2 Å². The van der Waals surface area contributed by atoms with Crippen molar-refractivity contribution in [1.82, 2.24) is 4.90 Å². The van der Waals surface area contributed by atoms with E-state index in [1.54, 1.807) is 9.80 Å². The van der Waals surface area contributed by atoms with Crippen molar-refractivity contribution in [3.8, 4) is 5.75 Å². The molecule has 1 heterocycles. The van der Waals surface area contributed by atoms with Gasteiger partial charge >= 0.3 is 0 Å². The number of thiocarbonyl (C=S) groups is 1. The molecule has 3 aromatic carbocycles. The molecular formula is C23H20N2O2S. The van der Waals surface area contributed by atoms with Crippen LogP contribution in [-0.4, -0.2) is 29.6 Å². The first kappa shape index (κ1) is 18.2. The van der Waals surface area contributed by atoms with E-state index in [1.165, 1.54) is 0 Å². The number of rotatable bonds is 4. The van der Waals surface area contributed by atoms with Crippen LogP contribution in [0.5, 0.6) is 5.75 Å². The first-order valence-electron chi connectivity index (χ1n) is 9.15. The number of carbonyl (C=O) groups is 1. The minimum atomic E-state index is -0.144. The summed E-state index contributed by atoms with van der Waals surface area (Å²) < 4.78 is 5.84. The summed E-state index contributed by atoms with van der Waals surface area (Å²) >= 11 is 5.55. The van der Waals surface area contributed by atoms with Gasteiger partial charge in [-0.15, -0.1) is 0 Å². The fourth-order valence-corrected chi connectivity index (χ4v) is 3.69. The minimum absolute atomic E-state index is 0.144. The van der Waals surface area contributed by atoms with E-state index in [9.17, 15) is 4.79 Å². The van der Waals surface area contributed by atoms with Gasteiger partial charge < -0.3 is 9.64 Å². The zero-order valence-corrected chi connectivity index (χ0v) is 16.6. The summed E-state index contributed by atoms with van der Waals surface area (Å²) in [7, 11) is 1.82. The number of benzene rings is 3. The Morgan fingerprint density at radius 3 is 2.46 bits per heavy atom. The van der Waals surface area contributed by atoms with Crippen LogP contribution in [0.15, 0.2) is 72.4 Å². The Morgan fingerprint density at radius 2 is 1.71 bits per heavy atom. The molecule has 0 aliphatic carbocycles. The second kappa shape index (κ2) is 7.44. The smallest absolute Gasteiger partial charge is 0.281 e. The molecule has 1 aliphatic heterocycles. The predicted molar refractivity (Wildman–Crippen MR) is 117 cm³/mol. The fourth-order valence-electron chi connectivity index (χ4n) is 3.40. The summed E-state index contributed by atoms with van der Waals surface area (Å²) in [6.07, 6.45) is 1.88. The summed E-state index contributed by atoms with van der Waals surface area (Å²) in [5.41, 5.74) is 2.16. The highest BCUT2D eigenvalue weighted by molar-refractivity contribution is 7.80. The van der Waals surface area contributed by atoms with Crippen LogP contribution in [-0.2, 0) is 4.79 Å². The van der Waals surface area contributed by atoms with Crippen molar-refractivity contribution >= 4 is 45.8 Å². The Labute approximate surface area is 169 Å². The molecule has 5 heteroatoms. The number of hydrogen-bond acceptors (Lipinski definition) is 3. The minimum Gasteiger partial charge on any atom is -0.493 e. The highest BCUT2D eigenvalue weighted by atomic mass is 32.1. The molecule has 1 amide bonds. The number of anilines is 1. The van der Waals surface area contributed by atoms with Crippen molar-refractivity contribution in [2.24, 2.45) is 0 Å². The lowest BCUT2D eigenvalue weighted by molar-refractivity contribution is -0.114. The standard InChI is InChI=1S/C23H20N2O2S/c1-3-27-21-14-13-16-9-7-8-12-18(16)19(21)15-20-22(26)25(23(28)24(20)2)17-10-5-4-6-11-17/h4-15H,3H2,1-2H3. The topological polar surface area (TPSA) is 32.8 Å². The molecule has 1 aliphatic rings. The lowest BCUT2D eigenvalue weighted by Crippen LogP contribution is -2.30. The maximum Gasteiger partial charge on any atom is 0.281 e. The Kier molecular flexibility index (Phi) is 4.84. The van der Waals surface area contributed by atoms with Gasteiger partial charge in [0.25, 0.3) is 5.91 Å². The molecule has 0 N–H and O–H groups in total. The first-order chi connectivity index (χ1) is 13.6. The van der Waals surface area contributed by atoms with Crippen molar-refractivity contribution in [1.29, 1.82) is 0 Å². The number of ether oxygens (including phenoxy) is 1. The highest BCUT2D eigenvalue weighted by Gasteiger charge is 2.37. The van der Waals surface area contributed by atoms with Gasteiger partial charge in [0, 0.05) is 12.6 Å². The molecule has 4 nitrogen and oxygen atoms in total. The van der Waals surface area contributed by atoms with E-state index < -0.39 is 0 Å². The van der Waals surface area contributed by atoms with E-state index in [4.69, 9.17) is 17.0 Å². The number of carbonyl (C=O) groups excluding carboxylic acids is 1. The first-order valence-corrected chi connectivity index (χ1v) is 9.56. The van der Waals surface area contributed by atoms with Crippen LogP contribution in [0.3, 0.4) is 0 Å². The van der Waals surface area contributed by atoms with Gasteiger partial charge in [0.15, 0.2) is 5.11 Å². The lowest BCUT2D eigenvalue weighted by Gasteiger charge is -2.16. The Balaban J connectivity index is 1.86. The lowest BCUT2D eigenvalue weighted by atomic mass is 10.0. The summed E-state index contributed by atoms with van der Waals surface area (Å²) in [5.74, 6) is 0.605. The molecule has 0 atom stereocenters. The largest absolute Gasteiger partial charge is 0.493 e. The quantitative estimate of drug-likeness (QED) is 0.473. The van der Waals surface area contributed by atoms with Crippen LogP contribution in [0.1, 0.15) is 12.5 Å². The van der Waals surface area contributed by atoms with Crippen LogP contribution in [0.2, 0.25) is 0 Å². The predicted octanol–water partition coefficient (Wildman–Crippen LogP) is 4.84. The molecule has 4 rings (SSSR count). The zero-order valence-electron chi connectivity index (χ0n) is 15.8. The van der Waals surface area contributed by atoms with Crippen LogP contribution in [0.25, 0.3) is 16.8 Å². The van der Waals surface area contributed by atoms with Crippen molar-refractivity contribution in [2.45, 2.75) is 6.92 Å². The molecule has 1 saturated heterocycles. The van der Waals surface area contributed by atoms with Crippen LogP contribution >= 0.6 is 12.2 Å². The number of hydrogen-bond donors (Lipinski definition) is 0. The van der Waals surface area contributed by atoms with E-state index in [0.29, 0.717) is 17.4 Å². The van der Waals surface area contributed by atoms with Crippen LogP contribution in [0.4, 0.5) is 5.69 Å². The number of amides is 1. The molecular weight excluding hydrogens is 368 g/mol. The van der Waals surface area contributed by atoms with E-state index in [2.05, 4.69) is 0 Å². The van der Waals surface area contributed by atoms with Gasteiger partial charge in [-0.1, -0.05) is 48.5 Å². The fraction of sp³-hybridized carbons (Fsp3) is 0.130. The molecule has 3 aromatic rings. The molecule has 28 heavy (non-hydrogen) atoms. The van der Waals surface area contributed by atoms with Gasteiger partial charge in [-0.2, -0.15) is 0 Å². The maximum absolute atomic E-state index is 13.2. The van der Waals surface area contributed by atoms with E-state index in [-0.39, 0.29) is 5.91 Å². The Hall–Kier alpha value is -3.18. The number of likely N-dealkylation sites (N-methyl/N-ethyl adjacent to an activating group) is 1. The van der Waals surface area contributed by atoms with Crippen molar-refractivity contribution in [3.63, 3.8) is 0 Å². The Morgan fingerprint density at radius 1 is 1.00 bits per heavy atom. The third-order valence-electron chi connectivity index (χ3n) is 4.79. The summed E-state index contributed by atoms with van der Waals surface area (Å²) in [6, 6.07) is 21.5. The van der Waals surface area contributed by atoms with Gasteiger partial charge in [0.05, 0.1) is 12.3 Å². The summed E-state index contributed by atoms with van der Waals surface area (Å²) in [5, 5.41) is 2.58. The Bertz CT molecular complexity index is 1090. The van der Waals surface area contributed by atoms with E-state index in [1.807, 2.05) is 86.8 Å². The zero-order chi connectivity index (χ0) is 19.7. The molecule has 0 spiro atoms. The average Bonchev–Trinajstić information content (AvgIpc) is 2.93. The van der Waals surface area contributed by atoms with Crippen molar-refractivity contribution < 1.29 is 9.53 Å². The monoisotopic (exact) mass is 388 g/mol. The molecule has 0 radical (unpaired) electrons. The van der Waals surface area contributed by atoms with E-state index in [0.717, 1.165) is 27.8 Å². The number of nitrogens with zero attached hydrogens (tertiary/aromatic N) is 2. The summed E-state index contributed by atoms with van der Waals surface area (Å²) in [4.78, 5) is 16.5. The van der Waals surface area contributed by atoms with Gasteiger partial charge in [0.2, 0.25) is 0 Å². The second-order valence-corrected chi connectivity index (χ2v) is 6.84. The highest BCUT2D eigenvalue weighted by Crippen LogP contribution is 2.33. The number of fused-ring (bicyclic) bond motifs is 1. The second-order valence-electron chi connectivity index (χ2n) is 6.48. The third kappa shape index (κ3) is 3.04. The van der Waals surface area contributed by atoms with Gasteiger partial charge in [-0.25, -0.2) is 0 Å². The molecule has 0 saturated carbocycles. The normalized spacial score (nSPS) is 15.7. The van der Waals surface area contributed by atoms with Crippen LogP contribution < -0.4 is 9.64 Å². The number of para-hydroxylation sites is 1. The van der Waals surface area contributed by atoms with E-state index >= 15 is 0 Å². The summed E-state index contributed by atoms with van der Waals surface area (Å²) in [6.45, 7) is 2.50. The molecule has 1 fully saturated rings. The SMILES string of the molecule is CCOc1ccc2ccccc2c1C=C1C(=O)N(c2ccccc2)C(=S)N1C.